The van der Waals surface area contributed by atoms with Gasteiger partial charge in [-0.2, -0.15) is 12.7 Å². The number of piperazine rings is 1. The number of aromatic nitrogens is 1. The Labute approximate surface area is 353 Å². The topological polar surface area (TPSA) is 221 Å². The van der Waals surface area contributed by atoms with Crippen LogP contribution in [0.1, 0.15) is 106 Å². The molecule has 4 aliphatic rings. The van der Waals surface area contributed by atoms with E-state index in [-0.39, 0.29) is 45.6 Å². The third-order valence-corrected chi connectivity index (χ3v) is 16.9. The number of nitro groups is 1. The molecule has 18 heteroatoms. The third-order valence-electron chi connectivity index (χ3n) is 13.6. The Morgan fingerprint density at radius 1 is 1.02 bits per heavy atom. The summed E-state index contributed by atoms with van der Waals surface area (Å²) in [5.74, 6) is -0.548. The Morgan fingerprint density at radius 2 is 1.70 bits per heavy atom. The van der Waals surface area contributed by atoms with Crippen LogP contribution < -0.4 is 20.7 Å². The van der Waals surface area contributed by atoms with E-state index in [1.165, 1.54) is 24.7 Å². The second-order valence-electron chi connectivity index (χ2n) is 17.8. The monoisotopic (exact) mass is 866 g/mol. The van der Waals surface area contributed by atoms with Crippen LogP contribution in [-0.2, 0) is 20.0 Å². The van der Waals surface area contributed by atoms with Gasteiger partial charge in [0.1, 0.15) is 0 Å². The predicted octanol–water partition coefficient (Wildman–Crippen LogP) is 4.97. The van der Waals surface area contributed by atoms with Gasteiger partial charge in [-0.1, -0.05) is 38.1 Å². The van der Waals surface area contributed by atoms with Crippen LogP contribution >= 0.6 is 0 Å². The first-order valence-electron chi connectivity index (χ1n) is 20.9. The zero-order valence-electron chi connectivity index (χ0n) is 34.8. The quantitative estimate of drug-likeness (QED) is 0.132. The second kappa shape index (κ2) is 16.9. The summed E-state index contributed by atoms with van der Waals surface area (Å²) in [5.41, 5.74) is 7.31. The number of primary amides is 1. The minimum atomic E-state index is -4.49. The van der Waals surface area contributed by atoms with E-state index < -0.39 is 47.1 Å². The van der Waals surface area contributed by atoms with E-state index in [4.69, 9.17) is 5.73 Å². The number of hydrogen-bond acceptors (Lipinski definition) is 12. The maximum absolute atomic E-state index is 14.2. The molecule has 3 aromatic rings. The fourth-order valence-electron chi connectivity index (χ4n) is 9.86. The molecule has 4 fully saturated rings. The number of sulfone groups is 1. The van der Waals surface area contributed by atoms with Gasteiger partial charge in [0.05, 0.1) is 25.9 Å². The lowest BCUT2D eigenvalue weighted by Crippen LogP contribution is -2.61. The van der Waals surface area contributed by atoms with E-state index in [0.29, 0.717) is 57.8 Å². The molecular formula is C42H58N8O8S2. The largest absolute Gasteiger partial charge is 0.390 e. The number of amides is 1. The summed E-state index contributed by atoms with van der Waals surface area (Å²) in [5, 5.41) is 25.5. The van der Waals surface area contributed by atoms with Gasteiger partial charge in [-0.25, -0.2) is 18.1 Å². The second-order valence-corrected chi connectivity index (χ2v) is 21.6. The van der Waals surface area contributed by atoms with E-state index in [0.717, 1.165) is 56.4 Å². The molecular weight excluding hydrogens is 809 g/mol. The van der Waals surface area contributed by atoms with Crippen molar-refractivity contribution in [3.8, 4) is 0 Å². The Balaban J connectivity index is 1.05. The summed E-state index contributed by atoms with van der Waals surface area (Å²) < 4.78 is 58.3. The van der Waals surface area contributed by atoms with Crippen LogP contribution in [0.15, 0.2) is 64.5 Å². The number of nitrogens with one attached hydrogen (secondary N) is 2. The first-order valence-corrected chi connectivity index (χ1v) is 23.8. The molecule has 2 aromatic carbocycles. The number of hydrogen-bond donors (Lipinski definition) is 4. The average molecular weight is 867 g/mol. The molecule has 1 amide bonds. The van der Waals surface area contributed by atoms with Crippen molar-refractivity contribution in [3.05, 3.63) is 81.5 Å². The number of aliphatic hydroxyl groups is 1. The van der Waals surface area contributed by atoms with Gasteiger partial charge in [0.15, 0.2) is 0 Å². The van der Waals surface area contributed by atoms with E-state index in [9.17, 15) is 36.9 Å². The van der Waals surface area contributed by atoms with Gasteiger partial charge in [0.2, 0.25) is 21.6 Å². The summed E-state index contributed by atoms with van der Waals surface area (Å²) in [6.07, 6.45) is 7.47. The van der Waals surface area contributed by atoms with Crippen LogP contribution in [0.25, 0.3) is 0 Å². The van der Waals surface area contributed by atoms with Gasteiger partial charge in [-0.05, 0) is 105 Å². The molecule has 1 atom stereocenters. The van der Waals surface area contributed by atoms with Crippen molar-refractivity contribution in [2.75, 3.05) is 56.5 Å². The van der Waals surface area contributed by atoms with Crippen LogP contribution in [0.5, 0.6) is 0 Å². The number of pyridine rings is 1. The number of benzene rings is 2. The lowest BCUT2D eigenvalue weighted by molar-refractivity contribution is -0.384. The van der Waals surface area contributed by atoms with Crippen LogP contribution in [0.3, 0.4) is 0 Å². The Bertz CT molecular complexity index is 2310. The highest BCUT2D eigenvalue weighted by Crippen LogP contribution is 2.53. The van der Waals surface area contributed by atoms with Gasteiger partial charge in [0, 0.05) is 76.4 Å². The third kappa shape index (κ3) is 8.90. The fraction of sp³-hybridized carbons (Fsp3) is 0.571. The summed E-state index contributed by atoms with van der Waals surface area (Å²) >= 11 is 0. The van der Waals surface area contributed by atoms with Gasteiger partial charge in [0.25, 0.3) is 10.2 Å². The molecule has 326 valence electrons. The van der Waals surface area contributed by atoms with Crippen molar-refractivity contribution >= 4 is 43.1 Å². The first kappa shape index (κ1) is 43.9. The predicted molar refractivity (Wildman–Crippen MR) is 229 cm³/mol. The number of carbonyl (C=O) groups is 1. The summed E-state index contributed by atoms with van der Waals surface area (Å²) in [7, 11) is -6.63. The molecule has 7 rings (SSSR count). The first-order chi connectivity index (χ1) is 28.3. The van der Waals surface area contributed by atoms with Crippen LogP contribution in [-0.4, -0.2) is 105 Å². The number of nitrogens with zero attached hydrogens (tertiary/aromatic N) is 5. The summed E-state index contributed by atoms with van der Waals surface area (Å²) in [4.78, 5) is 32.1. The number of rotatable bonds is 13. The molecule has 0 unspecified atom stereocenters. The van der Waals surface area contributed by atoms with Crippen LogP contribution in [0.2, 0.25) is 0 Å². The molecule has 2 saturated carbocycles. The van der Waals surface area contributed by atoms with Crippen molar-refractivity contribution in [3.63, 3.8) is 0 Å². The van der Waals surface area contributed by atoms with Crippen molar-refractivity contribution in [2.45, 2.75) is 106 Å². The number of piperidine rings is 1. The molecule has 1 aromatic heterocycles. The Kier molecular flexibility index (Phi) is 12.4. The number of anilines is 2. The maximum atomic E-state index is 14.2. The fourth-order valence-corrected chi connectivity index (χ4v) is 12.2. The summed E-state index contributed by atoms with van der Waals surface area (Å²) in [6, 6.07) is 14.0. The number of nitrogens with two attached hydrogens (primary N) is 1. The van der Waals surface area contributed by atoms with Gasteiger partial charge in [-0.3, -0.25) is 19.8 Å². The van der Waals surface area contributed by atoms with Crippen molar-refractivity contribution in [1.29, 1.82) is 0 Å². The zero-order valence-corrected chi connectivity index (χ0v) is 36.5. The maximum Gasteiger partial charge on any atom is 0.312 e. The molecule has 0 bridgehead atoms. The highest BCUT2D eigenvalue weighted by Gasteiger charge is 2.50. The van der Waals surface area contributed by atoms with Crippen molar-refractivity contribution in [1.82, 2.24) is 18.9 Å². The molecule has 3 heterocycles. The van der Waals surface area contributed by atoms with Crippen LogP contribution in [0, 0.1) is 21.4 Å². The Hall–Kier alpha value is -4.20. The molecule has 5 N–H and O–H groups in total. The van der Waals surface area contributed by atoms with Crippen molar-refractivity contribution < 1.29 is 31.7 Å². The molecule has 2 saturated heterocycles. The molecule has 1 spiro atoms. The van der Waals surface area contributed by atoms with E-state index >= 15 is 0 Å². The molecule has 60 heavy (non-hydrogen) atoms. The SMILES string of the molecule is CNS(=O)(=O)N1CCN(C2CC3(CCN(c4ccc(C(N)=O)c(S(=O)(=O)c5cnc(NCC6CCC(C)(O)CC6)c([N+](=O)[O-])c5)c4)CC3)C2)[C@H](c2ccccc2C(C)C)C1. The van der Waals surface area contributed by atoms with Gasteiger partial charge >= 0.3 is 5.69 Å². The lowest BCUT2D eigenvalue weighted by Gasteiger charge is -2.58. The Morgan fingerprint density at radius 3 is 2.33 bits per heavy atom. The molecule has 0 radical (unpaired) electrons. The van der Waals surface area contributed by atoms with Gasteiger partial charge < -0.3 is 21.1 Å². The summed E-state index contributed by atoms with van der Waals surface area (Å²) in [6.45, 7) is 9.21. The minimum Gasteiger partial charge on any atom is -0.390 e. The van der Waals surface area contributed by atoms with Crippen molar-refractivity contribution in [2.24, 2.45) is 17.1 Å². The van der Waals surface area contributed by atoms with Crippen LogP contribution in [0.4, 0.5) is 17.2 Å². The van der Waals surface area contributed by atoms with E-state index in [2.05, 4.69) is 50.8 Å². The van der Waals surface area contributed by atoms with Gasteiger partial charge in [-0.15, -0.1) is 0 Å². The standard InChI is InChI=1S/C42H58N8O8S2/c1-28(2)33-7-5-6-8-34(33)37-27-48(60(57,58)44-4)19-20-49(37)31-23-42(24-31)15-17-47(18-16-42)30-9-10-35(39(43)51)38(21-30)59(55,56)32-22-36(50(53)54)40(46-26-32)45-25-29-11-13-41(3,52)14-12-29/h5-10,21-22,26,28-29,31,37,44,52H,11-20,23-25,27H2,1-4H3,(H2,43,51)(H,45,46)/t29?,37-,41?/m0/s1. The zero-order chi connectivity index (χ0) is 43.2. The molecule has 16 nitrogen and oxygen atoms in total. The molecule has 2 aliphatic heterocycles. The highest BCUT2D eigenvalue weighted by atomic mass is 32.2. The van der Waals surface area contributed by atoms with E-state index in [1.54, 1.807) is 17.3 Å². The number of carbonyl (C=O) groups excluding carboxylic acids is 1. The van der Waals surface area contributed by atoms with E-state index in [1.807, 2.05) is 12.1 Å². The normalized spacial score (nSPS) is 24.3. The molecule has 2 aliphatic carbocycles. The smallest absolute Gasteiger partial charge is 0.312 e. The minimum absolute atomic E-state index is 0.0551. The highest BCUT2D eigenvalue weighted by molar-refractivity contribution is 7.91. The average Bonchev–Trinajstić information content (AvgIpc) is 3.21. The lowest BCUT2D eigenvalue weighted by atomic mass is 9.59.